The second-order valence-electron chi connectivity index (χ2n) is 5.53. The van der Waals surface area contributed by atoms with Gasteiger partial charge in [0.15, 0.2) is 0 Å². The van der Waals surface area contributed by atoms with Crippen molar-refractivity contribution in [3.05, 3.63) is 23.9 Å². The number of aromatic nitrogens is 1. The average Bonchev–Trinajstić information content (AvgIpc) is 2.77. The molecule has 0 radical (unpaired) electrons. The molecule has 1 aliphatic rings. The zero-order valence-corrected chi connectivity index (χ0v) is 12.9. The number of nitrogens with zero attached hydrogens (tertiary/aromatic N) is 2. The van der Waals surface area contributed by atoms with Crippen LogP contribution in [0.2, 0.25) is 0 Å². The Morgan fingerprint density at radius 1 is 1.43 bits per heavy atom. The van der Waals surface area contributed by atoms with E-state index >= 15 is 0 Å². The van der Waals surface area contributed by atoms with Crippen LogP contribution in [0, 0.1) is 0 Å². The third kappa shape index (κ3) is 4.66. The minimum absolute atomic E-state index is 0.195. The normalized spacial score (nSPS) is 19.5. The molecule has 0 spiro atoms. The fourth-order valence-electron chi connectivity index (χ4n) is 2.87. The predicted octanol–water partition coefficient (Wildman–Crippen LogP) is 1.56. The molecule has 0 aromatic carbocycles. The first-order valence-corrected chi connectivity index (χ1v) is 7.88. The number of methoxy groups -OCH3 is 1. The Balaban J connectivity index is 2.09. The average molecular weight is 293 g/mol. The zero-order chi connectivity index (χ0) is 14.9. The van der Waals surface area contributed by atoms with Gasteiger partial charge in [0.25, 0.3) is 0 Å². The van der Waals surface area contributed by atoms with E-state index in [1.54, 1.807) is 7.11 Å². The Hall–Kier alpha value is -1.17. The van der Waals surface area contributed by atoms with Crippen molar-refractivity contribution in [1.29, 1.82) is 0 Å². The molecule has 1 aromatic rings. The molecule has 21 heavy (non-hydrogen) atoms. The van der Waals surface area contributed by atoms with Crippen molar-refractivity contribution < 1.29 is 9.84 Å². The summed E-state index contributed by atoms with van der Waals surface area (Å²) in [6.07, 6.45) is 6.48. The molecule has 1 atom stereocenters. The zero-order valence-electron chi connectivity index (χ0n) is 12.9. The van der Waals surface area contributed by atoms with Crippen molar-refractivity contribution in [3.8, 4) is 0 Å². The number of aliphatic hydroxyl groups excluding tert-OH is 1. The van der Waals surface area contributed by atoms with Crippen molar-refractivity contribution in [3.63, 3.8) is 0 Å². The first-order valence-electron chi connectivity index (χ1n) is 7.88. The number of nitrogens with one attached hydrogen (secondary N) is 1. The van der Waals surface area contributed by atoms with Crippen LogP contribution >= 0.6 is 0 Å². The fraction of sp³-hybridized carbons (Fsp3) is 0.688. The lowest BCUT2D eigenvalue weighted by Crippen LogP contribution is -2.39. The lowest BCUT2D eigenvalue weighted by Gasteiger charge is -2.31. The minimum Gasteiger partial charge on any atom is -0.394 e. The van der Waals surface area contributed by atoms with Crippen LogP contribution in [0.25, 0.3) is 0 Å². The maximum absolute atomic E-state index is 9.68. The van der Waals surface area contributed by atoms with Gasteiger partial charge in [0.2, 0.25) is 0 Å². The molecule has 1 aliphatic heterocycles. The lowest BCUT2D eigenvalue weighted by atomic mass is 10.1. The molecule has 5 nitrogen and oxygen atoms in total. The highest BCUT2D eigenvalue weighted by molar-refractivity contribution is 5.48. The number of anilines is 1. The van der Waals surface area contributed by atoms with Gasteiger partial charge in [0, 0.05) is 38.5 Å². The van der Waals surface area contributed by atoms with Gasteiger partial charge < -0.3 is 20.1 Å². The monoisotopic (exact) mass is 293 g/mol. The van der Waals surface area contributed by atoms with Gasteiger partial charge in [-0.3, -0.25) is 0 Å². The highest BCUT2D eigenvalue weighted by Crippen LogP contribution is 2.25. The van der Waals surface area contributed by atoms with E-state index in [0.717, 1.165) is 31.9 Å². The molecular formula is C16H27N3O2. The first-order chi connectivity index (χ1) is 10.4. The number of rotatable bonds is 7. The molecule has 0 saturated carbocycles. The van der Waals surface area contributed by atoms with Crippen LogP contribution in [0.15, 0.2) is 18.3 Å². The Labute approximate surface area is 127 Å². The van der Waals surface area contributed by atoms with Gasteiger partial charge >= 0.3 is 0 Å². The van der Waals surface area contributed by atoms with Crippen molar-refractivity contribution in [1.82, 2.24) is 10.3 Å². The Morgan fingerprint density at radius 2 is 2.33 bits per heavy atom. The summed E-state index contributed by atoms with van der Waals surface area (Å²) in [6, 6.07) is 4.28. The molecule has 1 unspecified atom stereocenters. The quantitative estimate of drug-likeness (QED) is 0.747. The second kappa shape index (κ2) is 8.97. The van der Waals surface area contributed by atoms with Gasteiger partial charge in [-0.25, -0.2) is 4.98 Å². The second-order valence-corrected chi connectivity index (χ2v) is 5.53. The van der Waals surface area contributed by atoms with E-state index in [4.69, 9.17) is 4.74 Å². The van der Waals surface area contributed by atoms with Crippen LogP contribution in [0.1, 0.15) is 31.2 Å². The van der Waals surface area contributed by atoms with Crippen LogP contribution in [0.5, 0.6) is 0 Å². The summed E-state index contributed by atoms with van der Waals surface area (Å²) in [5.41, 5.74) is 1.19. The van der Waals surface area contributed by atoms with E-state index in [9.17, 15) is 5.11 Å². The maximum Gasteiger partial charge on any atom is 0.133 e. The summed E-state index contributed by atoms with van der Waals surface area (Å²) < 4.78 is 5.06. The molecule has 2 N–H and O–H groups in total. The van der Waals surface area contributed by atoms with E-state index < -0.39 is 0 Å². The SMILES string of the molecule is COCCNCc1cccnc1N1CCCCCC1CO. The van der Waals surface area contributed by atoms with Gasteiger partial charge in [-0.1, -0.05) is 18.9 Å². The fourth-order valence-corrected chi connectivity index (χ4v) is 2.87. The van der Waals surface area contributed by atoms with Crippen molar-refractivity contribution in [2.75, 3.05) is 38.3 Å². The lowest BCUT2D eigenvalue weighted by molar-refractivity contribution is 0.199. The third-order valence-electron chi connectivity index (χ3n) is 4.03. The highest BCUT2D eigenvalue weighted by Gasteiger charge is 2.23. The Bertz CT molecular complexity index is 414. The molecule has 0 bridgehead atoms. The van der Waals surface area contributed by atoms with Crippen molar-refractivity contribution in [2.45, 2.75) is 38.3 Å². The summed E-state index contributed by atoms with van der Waals surface area (Å²) in [4.78, 5) is 6.88. The molecule has 1 saturated heterocycles. The number of hydrogen-bond acceptors (Lipinski definition) is 5. The molecule has 1 fully saturated rings. The van der Waals surface area contributed by atoms with Crippen LogP contribution in [-0.4, -0.2) is 49.5 Å². The Kier molecular flexibility index (Phi) is 6.92. The molecule has 118 valence electrons. The smallest absolute Gasteiger partial charge is 0.133 e. The van der Waals surface area contributed by atoms with Gasteiger partial charge in [-0.2, -0.15) is 0 Å². The van der Waals surface area contributed by atoms with Gasteiger partial charge in [-0.15, -0.1) is 0 Å². The summed E-state index contributed by atoms with van der Waals surface area (Å²) in [6.45, 7) is 3.49. The molecular weight excluding hydrogens is 266 g/mol. The molecule has 5 heteroatoms. The predicted molar refractivity (Wildman–Crippen MR) is 84.5 cm³/mol. The maximum atomic E-state index is 9.68. The summed E-state index contributed by atoms with van der Waals surface area (Å²) in [5.74, 6) is 1.02. The van der Waals surface area contributed by atoms with Gasteiger partial charge in [0.05, 0.1) is 19.3 Å². The van der Waals surface area contributed by atoms with E-state index in [2.05, 4.69) is 21.3 Å². The number of aliphatic hydroxyl groups is 1. The molecule has 1 aromatic heterocycles. The van der Waals surface area contributed by atoms with Crippen molar-refractivity contribution in [2.24, 2.45) is 0 Å². The van der Waals surface area contributed by atoms with E-state index in [1.165, 1.54) is 24.8 Å². The van der Waals surface area contributed by atoms with Crippen LogP contribution in [-0.2, 0) is 11.3 Å². The summed E-state index contributed by atoms with van der Waals surface area (Å²) >= 11 is 0. The van der Waals surface area contributed by atoms with E-state index in [0.29, 0.717) is 6.61 Å². The highest BCUT2D eigenvalue weighted by atomic mass is 16.5. The number of ether oxygens (including phenoxy) is 1. The summed E-state index contributed by atoms with van der Waals surface area (Å²) in [5, 5.41) is 13.1. The minimum atomic E-state index is 0.195. The first kappa shape index (κ1) is 16.2. The van der Waals surface area contributed by atoms with Gasteiger partial charge in [0.1, 0.15) is 5.82 Å². The third-order valence-corrected chi connectivity index (χ3v) is 4.03. The molecule has 0 aliphatic carbocycles. The van der Waals surface area contributed by atoms with Crippen LogP contribution in [0.4, 0.5) is 5.82 Å². The van der Waals surface area contributed by atoms with Crippen LogP contribution in [0.3, 0.4) is 0 Å². The standard InChI is InChI=1S/C16H27N3O2/c1-21-11-9-17-12-14-6-5-8-18-16(14)19-10-4-2-3-7-15(19)13-20/h5-6,8,15,17,20H,2-4,7,9-13H2,1H3. The van der Waals surface area contributed by atoms with E-state index in [-0.39, 0.29) is 12.6 Å². The van der Waals surface area contributed by atoms with E-state index in [1.807, 2.05) is 12.3 Å². The number of pyridine rings is 1. The van der Waals surface area contributed by atoms with Crippen LogP contribution < -0.4 is 10.2 Å². The number of hydrogen-bond donors (Lipinski definition) is 2. The summed E-state index contributed by atoms with van der Waals surface area (Å²) in [7, 11) is 1.71. The largest absolute Gasteiger partial charge is 0.394 e. The molecule has 0 amide bonds. The Morgan fingerprint density at radius 3 is 3.14 bits per heavy atom. The topological polar surface area (TPSA) is 57.6 Å². The van der Waals surface area contributed by atoms with Crippen molar-refractivity contribution >= 4 is 5.82 Å². The van der Waals surface area contributed by atoms with Gasteiger partial charge in [-0.05, 0) is 18.9 Å². The molecule has 2 heterocycles. The molecule has 2 rings (SSSR count).